The van der Waals surface area contributed by atoms with Gasteiger partial charge in [-0.05, 0) is 19.9 Å². The molecule has 0 radical (unpaired) electrons. The predicted molar refractivity (Wildman–Crippen MR) is 131 cm³/mol. The lowest BCUT2D eigenvalue weighted by Gasteiger charge is -2.37. The lowest BCUT2D eigenvalue weighted by atomic mass is 10.1. The molecule has 0 spiro atoms. The van der Waals surface area contributed by atoms with Crippen molar-refractivity contribution in [1.82, 2.24) is 24.4 Å². The minimum absolute atomic E-state index is 0.139. The number of anilines is 2. The van der Waals surface area contributed by atoms with Crippen molar-refractivity contribution in [2.24, 2.45) is 0 Å². The summed E-state index contributed by atoms with van der Waals surface area (Å²) in [7, 11) is 0. The Labute approximate surface area is 200 Å². The highest BCUT2D eigenvalue weighted by Gasteiger charge is 2.24. The number of aromatic nitrogens is 4. The van der Waals surface area contributed by atoms with Crippen LogP contribution in [-0.4, -0.2) is 82.8 Å². The number of hydrogen-bond donors (Lipinski definition) is 0. The van der Waals surface area contributed by atoms with Gasteiger partial charge in [-0.25, -0.2) is 15.0 Å². The van der Waals surface area contributed by atoms with Crippen LogP contribution in [0.4, 0.5) is 11.6 Å². The van der Waals surface area contributed by atoms with Gasteiger partial charge in [0.15, 0.2) is 0 Å². The number of piperazine rings is 1. The zero-order chi connectivity index (χ0) is 23.5. The summed E-state index contributed by atoms with van der Waals surface area (Å²) in [4.78, 5) is 33.0. The Morgan fingerprint density at radius 1 is 0.941 bits per heavy atom. The SMILES string of the molecule is Cc1cn(CC(=O)N2CCN(c3ccccc3-c3cnc(N4CCOCC4)nc3)CC2)c(C)n1. The van der Waals surface area contributed by atoms with Crippen LogP contribution in [0.3, 0.4) is 0 Å². The molecule has 1 amide bonds. The molecule has 2 aliphatic rings. The zero-order valence-corrected chi connectivity index (χ0v) is 19.9. The summed E-state index contributed by atoms with van der Waals surface area (Å²) in [6, 6.07) is 8.36. The lowest BCUT2D eigenvalue weighted by Crippen LogP contribution is -2.49. The van der Waals surface area contributed by atoms with E-state index in [2.05, 4.69) is 43.0 Å². The van der Waals surface area contributed by atoms with Crippen molar-refractivity contribution in [1.29, 1.82) is 0 Å². The number of para-hydroxylation sites is 1. The largest absolute Gasteiger partial charge is 0.378 e. The third kappa shape index (κ3) is 4.75. The van der Waals surface area contributed by atoms with E-state index in [-0.39, 0.29) is 5.91 Å². The Bertz CT molecular complexity index is 1130. The van der Waals surface area contributed by atoms with E-state index in [1.807, 2.05) is 48.0 Å². The molecule has 0 saturated carbocycles. The highest BCUT2D eigenvalue weighted by atomic mass is 16.5. The van der Waals surface area contributed by atoms with Crippen LogP contribution in [0.15, 0.2) is 42.9 Å². The van der Waals surface area contributed by atoms with E-state index in [4.69, 9.17) is 4.74 Å². The van der Waals surface area contributed by atoms with Gasteiger partial charge in [-0.15, -0.1) is 0 Å². The van der Waals surface area contributed by atoms with Crippen molar-refractivity contribution in [2.75, 3.05) is 62.3 Å². The van der Waals surface area contributed by atoms with Crippen molar-refractivity contribution in [3.8, 4) is 11.1 Å². The fraction of sp³-hybridized carbons (Fsp3) is 0.440. The average molecular weight is 462 g/mol. The maximum atomic E-state index is 12.9. The van der Waals surface area contributed by atoms with Crippen LogP contribution in [0.25, 0.3) is 11.1 Å². The Balaban J connectivity index is 1.25. The first kappa shape index (κ1) is 22.3. The van der Waals surface area contributed by atoms with Crippen LogP contribution in [0, 0.1) is 13.8 Å². The standard InChI is InChI=1S/C25H31N7O2/c1-19-17-32(20(2)28-19)18-24(33)30-9-7-29(8-10-30)23-6-4-3-5-22(23)21-15-26-25(27-16-21)31-11-13-34-14-12-31/h3-6,15-17H,7-14,18H2,1-2H3. The van der Waals surface area contributed by atoms with Crippen molar-refractivity contribution in [2.45, 2.75) is 20.4 Å². The fourth-order valence-electron chi connectivity index (χ4n) is 4.65. The molecule has 178 valence electrons. The normalized spacial score (nSPS) is 16.7. The summed E-state index contributed by atoms with van der Waals surface area (Å²) in [5.41, 5.74) is 4.20. The number of benzene rings is 1. The van der Waals surface area contributed by atoms with Crippen LogP contribution in [0.2, 0.25) is 0 Å². The van der Waals surface area contributed by atoms with Crippen LogP contribution in [0.5, 0.6) is 0 Å². The van der Waals surface area contributed by atoms with Gasteiger partial charge in [0, 0.05) is 74.7 Å². The van der Waals surface area contributed by atoms with Gasteiger partial charge in [-0.2, -0.15) is 0 Å². The molecule has 34 heavy (non-hydrogen) atoms. The van der Waals surface area contributed by atoms with E-state index in [1.54, 1.807) is 0 Å². The number of aryl methyl sites for hydroxylation is 2. The summed E-state index contributed by atoms with van der Waals surface area (Å²) in [5, 5.41) is 0. The molecule has 1 aromatic carbocycles. The maximum absolute atomic E-state index is 12.9. The quantitative estimate of drug-likeness (QED) is 0.576. The van der Waals surface area contributed by atoms with Gasteiger partial charge < -0.3 is 24.0 Å². The number of amides is 1. The van der Waals surface area contributed by atoms with Gasteiger partial charge in [0.1, 0.15) is 12.4 Å². The van der Waals surface area contributed by atoms with Crippen molar-refractivity contribution < 1.29 is 9.53 Å². The third-order valence-corrected chi connectivity index (χ3v) is 6.52. The van der Waals surface area contributed by atoms with Crippen LogP contribution >= 0.6 is 0 Å². The van der Waals surface area contributed by atoms with Gasteiger partial charge in [-0.3, -0.25) is 4.79 Å². The summed E-state index contributed by atoms with van der Waals surface area (Å²) in [5.74, 6) is 1.76. The predicted octanol–water partition coefficient (Wildman–Crippen LogP) is 2.14. The van der Waals surface area contributed by atoms with Gasteiger partial charge in [0.25, 0.3) is 0 Å². The van der Waals surface area contributed by atoms with Gasteiger partial charge in [-0.1, -0.05) is 18.2 Å². The molecule has 2 aromatic heterocycles. The number of carbonyl (C=O) groups excluding carboxylic acids is 1. The molecule has 3 aromatic rings. The van der Waals surface area contributed by atoms with Crippen LogP contribution in [-0.2, 0) is 16.1 Å². The molecular weight excluding hydrogens is 430 g/mol. The molecule has 5 rings (SSSR count). The first-order valence-corrected chi connectivity index (χ1v) is 11.9. The molecule has 2 aliphatic heterocycles. The van der Waals surface area contributed by atoms with Crippen molar-refractivity contribution in [3.63, 3.8) is 0 Å². The number of morpholine rings is 1. The Hall–Kier alpha value is -3.46. The van der Waals surface area contributed by atoms with Gasteiger partial charge >= 0.3 is 0 Å². The summed E-state index contributed by atoms with van der Waals surface area (Å²) >= 11 is 0. The topological polar surface area (TPSA) is 79.6 Å². The van der Waals surface area contributed by atoms with E-state index >= 15 is 0 Å². The fourth-order valence-corrected chi connectivity index (χ4v) is 4.65. The first-order chi connectivity index (χ1) is 16.6. The number of carbonyl (C=O) groups is 1. The molecule has 9 nitrogen and oxygen atoms in total. The van der Waals surface area contributed by atoms with E-state index < -0.39 is 0 Å². The molecular formula is C25H31N7O2. The second kappa shape index (κ2) is 9.80. The Morgan fingerprint density at radius 2 is 1.65 bits per heavy atom. The molecule has 0 bridgehead atoms. The van der Waals surface area contributed by atoms with E-state index in [0.717, 1.165) is 60.5 Å². The van der Waals surface area contributed by atoms with Crippen molar-refractivity contribution >= 4 is 17.5 Å². The number of imidazole rings is 1. The number of hydrogen-bond acceptors (Lipinski definition) is 7. The van der Waals surface area contributed by atoms with Gasteiger partial charge in [0.05, 0.1) is 18.9 Å². The molecule has 2 saturated heterocycles. The molecule has 0 atom stereocenters. The highest BCUT2D eigenvalue weighted by Crippen LogP contribution is 2.31. The molecule has 0 N–H and O–H groups in total. The first-order valence-electron chi connectivity index (χ1n) is 11.9. The zero-order valence-electron chi connectivity index (χ0n) is 19.9. The number of rotatable bonds is 5. The smallest absolute Gasteiger partial charge is 0.242 e. The minimum Gasteiger partial charge on any atom is -0.378 e. The van der Waals surface area contributed by atoms with Crippen LogP contribution in [0.1, 0.15) is 11.5 Å². The summed E-state index contributed by atoms with van der Waals surface area (Å²) in [6.07, 6.45) is 5.75. The maximum Gasteiger partial charge on any atom is 0.242 e. The number of ether oxygens (including phenoxy) is 1. The van der Waals surface area contributed by atoms with Crippen LogP contribution < -0.4 is 9.80 Å². The highest BCUT2D eigenvalue weighted by molar-refractivity contribution is 5.79. The average Bonchev–Trinajstić information content (AvgIpc) is 3.21. The lowest BCUT2D eigenvalue weighted by molar-refractivity contribution is -0.132. The summed E-state index contributed by atoms with van der Waals surface area (Å²) in [6.45, 7) is 10.3. The molecule has 4 heterocycles. The molecule has 2 fully saturated rings. The van der Waals surface area contributed by atoms with E-state index in [0.29, 0.717) is 32.8 Å². The third-order valence-electron chi connectivity index (χ3n) is 6.52. The van der Waals surface area contributed by atoms with E-state index in [1.165, 1.54) is 0 Å². The second-order valence-corrected chi connectivity index (χ2v) is 8.81. The summed E-state index contributed by atoms with van der Waals surface area (Å²) < 4.78 is 7.35. The van der Waals surface area contributed by atoms with Gasteiger partial charge in [0.2, 0.25) is 11.9 Å². The van der Waals surface area contributed by atoms with E-state index in [9.17, 15) is 4.79 Å². The molecule has 9 heteroatoms. The molecule has 0 aliphatic carbocycles. The minimum atomic E-state index is 0.139. The van der Waals surface area contributed by atoms with Crippen molar-refractivity contribution in [3.05, 3.63) is 54.4 Å². The number of nitrogens with zero attached hydrogens (tertiary/aromatic N) is 7. The molecule has 0 unspecified atom stereocenters. The Kier molecular flexibility index (Phi) is 6.44. The Morgan fingerprint density at radius 3 is 2.32 bits per heavy atom. The second-order valence-electron chi connectivity index (χ2n) is 8.81. The monoisotopic (exact) mass is 461 g/mol.